The highest BCUT2D eigenvalue weighted by atomic mass is 16.5. The Kier molecular flexibility index (Phi) is 5.53. The predicted molar refractivity (Wildman–Crippen MR) is 85.5 cm³/mol. The Hall–Kier alpha value is -1.20. The lowest BCUT2D eigenvalue weighted by Crippen LogP contribution is -2.46. The Morgan fingerprint density at radius 3 is 2.57 bits per heavy atom. The van der Waals surface area contributed by atoms with Crippen LogP contribution in [0, 0.1) is 12.8 Å². The fourth-order valence-electron chi connectivity index (χ4n) is 2.64. The summed E-state index contributed by atoms with van der Waals surface area (Å²) in [6.45, 7) is 14.2. The van der Waals surface area contributed by atoms with E-state index in [0.717, 1.165) is 37.8 Å². The summed E-state index contributed by atoms with van der Waals surface area (Å²) in [4.78, 5) is 11.5. The van der Waals surface area contributed by atoms with Crippen molar-refractivity contribution in [2.45, 2.75) is 53.4 Å². The van der Waals surface area contributed by atoms with Gasteiger partial charge in [-0.25, -0.2) is 9.97 Å². The van der Waals surface area contributed by atoms with E-state index in [-0.39, 0.29) is 12.2 Å². The number of rotatable bonds is 5. The van der Waals surface area contributed by atoms with E-state index in [0.29, 0.717) is 5.92 Å². The first-order valence-electron chi connectivity index (χ1n) is 7.89. The van der Waals surface area contributed by atoms with E-state index in [1.54, 1.807) is 0 Å². The van der Waals surface area contributed by atoms with Crippen molar-refractivity contribution in [1.82, 2.24) is 15.3 Å². The number of hydrogen-bond acceptors (Lipinski definition) is 5. The molecule has 0 radical (unpaired) electrons. The van der Waals surface area contributed by atoms with Crippen LogP contribution in [0.5, 0.6) is 0 Å². The lowest BCUT2D eigenvalue weighted by atomic mass is 10.2. The first-order chi connectivity index (χ1) is 9.95. The van der Waals surface area contributed by atoms with Crippen molar-refractivity contribution >= 4 is 5.95 Å². The molecule has 0 saturated carbocycles. The molecular formula is C16H28N4O. The summed E-state index contributed by atoms with van der Waals surface area (Å²) < 4.78 is 5.76. The molecule has 5 nitrogen and oxygen atoms in total. The molecule has 1 aromatic heterocycles. The van der Waals surface area contributed by atoms with Crippen molar-refractivity contribution in [3.8, 4) is 0 Å². The van der Waals surface area contributed by atoms with Gasteiger partial charge in [-0.3, -0.25) is 0 Å². The van der Waals surface area contributed by atoms with E-state index in [1.807, 2.05) is 6.20 Å². The first-order valence-corrected chi connectivity index (χ1v) is 7.89. The van der Waals surface area contributed by atoms with Crippen molar-refractivity contribution in [1.29, 1.82) is 0 Å². The third kappa shape index (κ3) is 4.64. The molecule has 118 valence electrons. The van der Waals surface area contributed by atoms with Gasteiger partial charge in [0.15, 0.2) is 0 Å². The molecule has 1 aliphatic heterocycles. The zero-order chi connectivity index (χ0) is 15.4. The van der Waals surface area contributed by atoms with Gasteiger partial charge in [0.1, 0.15) is 0 Å². The topological polar surface area (TPSA) is 50.3 Å². The monoisotopic (exact) mass is 292 g/mol. The molecule has 21 heavy (non-hydrogen) atoms. The maximum absolute atomic E-state index is 5.76. The third-order valence-electron chi connectivity index (χ3n) is 3.64. The van der Waals surface area contributed by atoms with Crippen LogP contribution in [0.25, 0.3) is 0 Å². The number of nitrogens with zero attached hydrogens (tertiary/aromatic N) is 3. The van der Waals surface area contributed by atoms with E-state index in [9.17, 15) is 0 Å². The summed E-state index contributed by atoms with van der Waals surface area (Å²) in [5.41, 5.74) is 2.23. The molecule has 1 aromatic rings. The van der Waals surface area contributed by atoms with Gasteiger partial charge >= 0.3 is 0 Å². The maximum atomic E-state index is 5.76. The average molecular weight is 292 g/mol. The summed E-state index contributed by atoms with van der Waals surface area (Å²) in [7, 11) is 0. The van der Waals surface area contributed by atoms with Gasteiger partial charge in [-0.15, -0.1) is 0 Å². The SMILES string of the molecule is Cc1nc(N2C[C@@H](C)O[C@@H](C)C2)ncc1CNCC(C)C. The van der Waals surface area contributed by atoms with Gasteiger partial charge in [0.2, 0.25) is 5.95 Å². The van der Waals surface area contributed by atoms with Crippen molar-refractivity contribution in [2.75, 3.05) is 24.5 Å². The van der Waals surface area contributed by atoms with E-state index in [2.05, 4.69) is 54.8 Å². The second-order valence-electron chi connectivity index (χ2n) is 6.47. The second-order valence-corrected chi connectivity index (χ2v) is 6.47. The molecule has 0 unspecified atom stereocenters. The van der Waals surface area contributed by atoms with Gasteiger partial charge in [-0.05, 0) is 33.2 Å². The molecule has 1 saturated heterocycles. The quantitative estimate of drug-likeness (QED) is 0.901. The van der Waals surface area contributed by atoms with Crippen molar-refractivity contribution in [3.05, 3.63) is 17.5 Å². The molecule has 1 fully saturated rings. The van der Waals surface area contributed by atoms with Crippen LogP contribution in [0.4, 0.5) is 5.95 Å². The molecular weight excluding hydrogens is 264 g/mol. The number of morpholine rings is 1. The number of ether oxygens (including phenoxy) is 1. The highest BCUT2D eigenvalue weighted by molar-refractivity contribution is 5.34. The summed E-state index contributed by atoms with van der Waals surface area (Å²) in [5.74, 6) is 1.48. The fraction of sp³-hybridized carbons (Fsp3) is 0.750. The van der Waals surface area contributed by atoms with Crippen LogP contribution in [-0.4, -0.2) is 41.8 Å². The minimum absolute atomic E-state index is 0.227. The molecule has 5 heteroatoms. The lowest BCUT2D eigenvalue weighted by Gasteiger charge is -2.35. The normalized spacial score (nSPS) is 22.9. The molecule has 1 aliphatic rings. The average Bonchev–Trinajstić information content (AvgIpc) is 2.39. The van der Waals surface area contributed by atoms with Crippen LogP contribution in [0.3, 0.4) is 0 Å². The Balaban J connectivity index is 2.01. The van der Waals surface area contributed by atoms with E-state index in [1.165, 1.54) is 5.56 Å². The molecule has 0 spiro atoms. The minimum Gasteiger partial charge on any atom is -0.372 e. The Morgan fingerprint density at radius 1 is 1.33 bits per heavy atom. The van der Waals surface area contributed by atoms with Gasteiger partial charge in [0, 0.05) is 37.1 Å². The van der Waals surface area contributed by atoms with Crippen LogP contribution in [0.15, 0.2) is 6.20 Å². The standard InChI is InChI=1S/C16H28N4O/c1-11(2)6-17-7-15-8-18-16(19-14(15)5)20-9-12(3)21-13(4)10-20/h8,11-13,17H,6-7,9-10H2,1-5H3/t12-,13+. The molecule has 0 aromatic carbocycles. The second kappa shape index (κ2) is 7.18. The lowest BCUT2D eigenvalue weighted by molar-refractivity contribution is -0.00573. The largest absolute Gasteiger partial charge is 0.372 e. The highest BCUT2D eigenvalue weighted by Gasteiger charge is 2.24. The first kappa shape index (κ1) is 16.2. The molecule has 0 bridgehead atoms. The molecule has 1 N–H and O–H groups in total. The summed E-state index contributed by atoms with van der Waals surface area (Å²) in [6, 6.07) is 0. The summed E-state index contributed by atoms with van der Waals surface area (Å²) in [6.07, 6.45) is 2.41. The van der Waals surface area contributed by atoms with Crippen LogP contribution in [0.2, 0.25) is 0 Å². The fourth-order valence-corrected chi connectivity index (χ4v) is 2.64. The van der Waals surface area contributed by atoms with E-state index >= 15 is 0 Å². The number of hydrogen-bond donors (Lipinski definition) is 1. The number of aryl methyl sites for hydroxylation is 1. The van der Waals surface area contributed by atoms with Crippen molar-refractivity contribution < 1.29 is 4.74 Å². The van der Waals surface area contributed by atoms with Crippen LogP contribution < -0.4 is 10.2 Å². The van der Waals surface area contributed by atoms with Gasteiger partial charge in [0.25, 0.3) is 0 Å². The Morgan fingerprint density at radius 2 is 2.00 bits per heavy atom. The maximum Gasteiger partial charge on any atom is 0.225 e. The third-order valence-corrected chi connectivity index (χ3v) is 3.64. The molecule has 2 heterocycles. The Bertz CT molecular complexity index is 454. The van der Waals surface area contributed by atoms with Crippen LogP contribution in [-0.2, 0) is 11.3 Å². The van der Waals surface area contributed by atoms with Gasteiger partial charge in [0.05, 0.1) is 12.2 Å². The van der Waals surface area contributed by atoms with Gasteiger partial charge in [-0.2, -0.15) is 0 Å². The zero-order valence-electron chi connectivity index (χ0n) is 13.9. The summed E-state index contributed by atoms with van der Waals surface area (Å²) in [5, 5.41) is 3.44. The molecule has 2 atom stereocenters. The van der Waals surface area contributed by atoms with Crippen LogP contribution in [0.1, 0.15) is 39.0 Å². The van der Waals surface area contributed by atoms with Crippen molar-refractivity contribution in [3.63, 3.8) is 0 Å². The number of aromatic nitrogens is 2. The number of nitrogens with one attached hydrogen (secondary N) is 1. The smallest absolute Gasteiger partial charge is 0.225 e. The van der Waals surface area contributed by atoms with E-state index in [4.69, 9.17) is 4.74 Å². The van der Waals surface area contributed by atoms with E-state index < -0.39 is 0 Å². The molecule has 0 amide bonds. The Labute approximate surface area is 128 Å². The number of anilines is 1. The minimum atomic E-state index is 0.227. The highest BCUT2D eigenvalue weighted by Crippen LogP contribution is 2.17. The predicted octanol–water partition coefficient (Wildman–Crippen LogP) is 2.14. The van der Waals surface area contributed by atoms with Gasteiger partial charge < -0.3 is 15.0 Å². The molecule has 2 rings (SSSR count). The summed E-state index contributed by atoms with van der Waals surface area (Å²) >= 11 is 0. The molecule has 0 aliphatic carbocycles. The van der Waals surface area contributed by atoms with Gasteiger partial charge in [-0.1, -0.05) is 13.8 Å². The van der Waals surface area contributed by atoms with Crippen LogP contribution >= 0.6 is 0 Å². The zero-order valence-corrected chi connectivity index (χ0v) is 13.9. The van der Waals surface area contributed by atoms with Crippen molar-refractivity contribution in [2.24, 2.45) is 5.92 Å².